The van der Waals surface area contributed by atoms with Crippen molar-refractivity contribution in [1.82, 2.24) is 4.72 Å². The number of carbonyl (C=O) groups is 2. The van der Waals surface area contributed by atoms with Gasteiger partial charge in [0.15, 0.2) is 5.78 Å². The first-order chi connectivity index (χ1) is 14.1. The molecule has 0 radical (unpaired) electrons. The number of carbonyl (C=O) groups excluding carboxylic acids is 2. The molecule has 5 aliphatic rings. The normalized spacial score (nSPS) is 35.9. The Morgan fingerprint density at radius 2 is 1.73 bits per heavy atom. The van der Waals surface area contributed by atoms with E-state index in [4.69, 9.17) is 17.3 Å². The van der Waals surface area contributed by atoms with E-state index in [9.17, 15) is 18.0 Å². The SMILES string of the molecule is NC(=O)C12CC3CC(C1)C(CC(=O)C1(NS(=O)(=O)c4ccccc4Cl)CC1)C(C3)C2. The monoisotopic (exact) mass is 450 g/mol. The second-order valence-electron chi connectivity index (χ2n) is 10.0. The Kier molecular flexibility index (Phi) is 4.62. The smallest absolute Gasteiger partial charge is 0.242 e. The third-order valence-electron chi connectivity index (χ3n) is 8.15. The van der Waals surface area contributed by atoms with Crippen molar-refractivity contribution in [3.05, 3.63) is 29.3 Å². The highest BCUT2D eigenvalue weighted by molar-refractivity contribution is 7.89. The molecule has 3 N–H and O–H groups in total. The highest BCUT2D eigenvalue weighted by atomic mass is 35.5. The van der Waals surface area contributed by atoms with E-state index in [1.54, 1.807) is 12.1 Å². The molecule has 0 aliphatic heterocycles. The van der Waals surface area contributed by atoms with Gasteiger partial charge < -0.3 is 5.73 Å². The summed E-state index contributed by atoms with van der Waals surface area (Å²) in [7, 11) is -3.88. The number of benzene rings is 1. The molecule has 0 aromatic heterocycles. The van der Waals surface area contributed by atoms with Crippen LogP contribution in [0.15, 0.2) is 29.2 Å². The summed E-state index contributed by atoms with van der Waals surface area (Å²) < 4.78 is 28.4. The van der Waals surface area contributed by atoms with Crippen molar-refractivity contribution >= 4 is 33.3 Å². The summed E-state index contributed by atoms with van der Waals surface area (Å²) >= 11 is 6.07. The van der Waals surface area contributed by atoms with E-state index in [1.807, 2.05) is 0 Å². The lowest BCUT2D eigenvalue weighted by Gasteiger charge is -2.59. The van der Waals surface area contributed by atoms with Gasteiger partial charge in [-0.25, -0.2) is 8.42 Å². The highest BCUT2D eigenvalue weighted by Gasteiger charge is 2.60. The van der Waals surface area contributed by atoms with Crippen LogP contribution in [0.1, 0.15) is 51.4 Å². The predicted molar refractivity (Wildman–Crippen MR) is 112 cm³/mol. The van der Waals surface area contributed by atoms with E-state index in [1.165, 1.54) is 12.1 Å². The van der Waals surface area contributed by atoms with Gasteiger partial charge in [-0.2, -0.15) is 4.72 Å². The van der Waals surface area contributed by atoms with Crippen molar-refractivity contribution < 1.29 is 18.0 Å². The Hall–Kier alpha value is -1.44. The average Bonchev–Trinajstić information content (AvgIpc) is 3.44. The van der Waals surface area contributed by atoms with E-state index in [0.29, 0.717) is 37.0 Å². The van der Waals surface area contributed by atoms with Crippen LogP contribution in [0.2, 0.25) is 5.02 Å². The van der Waals surface area contributed by atoms with Gasteiger partial charge in [0, 0.05) is 11.8 Å². The van der Waals surface area contributed by atoms with Gasteiger partial charge in [0.25, 0.3) is 0 Å². The van der Waals surface area contributed by atoms with E-state index in [2.05, 4.69) is 4.72 Å². The molecule has 8 heteroatoms. The number of rotatable bonds is 7. The lowest BCUT2D eigenvalue weighted by Crippen LogP contribution is -2.56. The Morgan fingerprint density at radius 1 is 1.10 bits per heavy atom. The molecule has 5 fully saturated rings. The summed E-state index contributed by atoms with van der Waals surface area (Å²) in [5, 5.41) is 0.144. The number of halogens is 1. The van der Waals surface area contributed by atoms with Crippen molar-refractivity contribution in [2.75, 3.05) is 0 Å². The fourth-order valence-corrected chi connectivity index (χ4v) is 8.68. The van der Waals surface area contributed by atoms with E-state index < -0.39 is 15.6 Å². The molecule has 162 valence electrons. The molecule has 4 bridgehead atoms. The molecular formula is C22H27ClN2O4S. The minimum absolute atomic E-state index is 0.00349. The average molecular weight is 451 g/mol. The largest absolute Gasteiger partial charge is 0.369 e. The molecule has 1 amide bonds. The molecule has 0 saturated heterocycles. The molecule has 0 spiro atoms. The number of hydrogen-bond donors (Lipinski definition) is 2. The molecular weight excluding hydrogens is 424 g/mol. The third kappa shape index (κ3) is 3.21. The lowest BCUT2D eigenvalue weighted by molar-refractivity contribution is -0.151. The van der Waals surface area contributed by atoms with E-state index >= 15 is 0 Å². The third-order valence-corrected chi connectivity index (χ3v) is 10.2. The van der Waals surface area contributed by atoms with Gasteiger partial charge in [-0.3, -0.25) is 9.59 Å². The molecule has 1 aromatic carbocycles. The standard InChI is InChI=1S/C22H27ClN2O4S/c23-17-3-1-2-4-18(17)30(28,29)25-22(5-6-22)19(26)9-16-14-7-13-8-15(16)12-21(10-13,11-14)20(24)27/h1-4,13-16,25H,5-12H2,(H2,24,27). The zero-order chi connectivity index (χ0) is 21.3. The number of Topliss-reactive ketones (excluding diaryl/α,β-unsaturated/α-hetero) is 1. The second-order valence-corrected chi connectivity index (χ2v) is 12.1. The number of hydrogen-bond acceptors (Lipinski definition) is 4. The van der Waals surface area contributed by atoms with E-state index in [-0.39, 0.29) is 32.9 Å². The van der Waals surface area contributed by atoms with Crippen molar-refractivity contribution in [3.63, 3.8) is 0 Å². The van der Waals surface area contributed by atoms with Crippen LogP contribution >= 0.6 is 11.6 Å². The zero-order valence-corrected chi connectivity index (χ0v) is 18.3. The molecule has 2 unspecified atom stereocenters. The van der Waals surface area contributed by atoms with Gasteiger partial charge in [-0.15, -0.1) is 0 Å². The summed E-state index contributed by atoms with van der Waals surface area (Å²) in [6.07, 6.45) is 6.00. The van der Waals surface area contributed by atoms with E-state index in [0.717, 1.165) is 32.1 Å². The zero-order valence-electron chi connectivity index (χ0n) is 16.8. The van der Waals surface area contributed by atoms with Crippen LogP contribution in [0.3, 0.4) is 0 Å². The Labute approximate surface area is 182 Å². The first-order valence-electron chi connectivity index (χ1n) is 10.8. The maximum absolute atomic E-state index is 13.3. The van der Waals surface area contributed by atoms with Gasteiger partial charge in [0.1, 0.15) is 4.90 Å². The minimum Gasteiger partial charge on any atom is -0.369 e. The van der Waals surface area contributed by atoms with Gasteiger partial charge in [0.2, 0.25) is 15.9 Å². The van der Waals surface area contributed by atoms with Crippen LogP contribution in [-0.4, -0.2) is 25.6 Å². The molecule has 6 rings (SSSR count). The molecule has 0 heterocycles. The number of amides is 1. The second kappa shape index (κ2) is 6.78. The maximum atomic E-state index is 13.3. The van der Waals surface area contributed by atoms with Crippen molar-refractivity contribution in [2.45, 2.75) is 61.8 Å². The van der Waals surface area contributed by atoms with Crippen LogP contribution in [-0.2, 0) is 19.6 Å². The van der Waals surface area contributed by atoms with Gasteiger partial charge in [-0.1, -0.05) is 23.7 Å². The maximum Gasteiger partial charge on any atom is 0.242 e. The molecule has 6 nitrogen and oxygen atoms in total. The van der Waals surface area contributed by atoms with Crippen LogP contribution in [0.25, 0.3) is 0 Å². The Morgan fingerprint density at radius 3 is 2.30 bits per heavy atom. The fraction of sp³-hybridized carbons (Fsp3) is 0.636. The Balaban J connectivity index is 1.32. The summed E-state index contributed by atoms with van der Waals surface area (Å²) in [5.41, 5.74) is 4.38. The number of nitrogens with one attached hydrogen (secondary N) is 1. The molecule has 1 aromatic rings. The van der Waals surface area contributed by atoms with Crippen molar-refractivity contribution in [1.29, 1.82) is 0 Å². The quantitative estimate of drug-likeness (QED) is 0.665. The van der Waals surface area contributed by atoms with Crippen LogP contribution in [0.5, 0.6) is 0 Å². The summed E-state index contributed by atoms with van der Waals surface area (Å²) in [6, 6.07) is 6.27. The number of nitrogens with two attached hydrogens (primary N) is 1. The van der Waals surface area contributed by atoms with Crippen LogP contribution in [0, 0.1) is 29.1 Å². The minimum atomic E-state index is -3.88. The molecule has 30 heavy (non-hydrogen) atoms. The first-order valence-corrected chi connectivity index (χ1v) is 12.6. The lowest BCUT2D eigenvalue weighted by atomic mass is 9.45. The van der Waals surface area contributed by atoms with Crippen molar-refractivity contribution in [3.8, 4) is 0 Å². The molecule has 5 saturated carbocycles. The molecule has 5 aliphatic carbocycles. The summed E-state index contributed by atoms with van der Waals surface area (Å²) in [5.74, 6) is 1.23. The first kappa shape index (κ1) is 20.5. The highest BCUT2D eigenvalue weighted by Crippen LogP contribution is 2.63. The van der Waals surface area contributed by atoms with Gasteiger partial charge >= 0.3 is 0 Å². The van der Waals surface area contributed by atoms with Crippen molar-refractivity contribution in [2.24, 2.45) is 34.8 Å². The molecule has 2 atom stereocenters. The summed E-state index contributed by atoms with van der Waals surface area (Å²) in [6.45, 7) is 0. The van der Waals surface area contributed by atoms with Gasteiger partial charge in [0.05, 0.1) is 10.6 Å². The topological polar surface area (TPSA) is 106 Å². The number of sulfonamides is 1. The Bertz CT molecular complexity index is 1000. The predicted octanol–water partition coefficient (Wildman–Crippen LogP) is 3.04. The van der Waals surface area contributed by atoms with Gasteiger partial charge in [-0.05, 0) is 80.8 Å². The summed E-state index contributed by atoms with van der Waals surface area (Å²) in [4.78, 5) is 25.4. The fourth-order valence-electron chi connectivity index (χ4n) is 6.71. The number of ketones is 1. The van der Waals surface area contributed by atoms with Crippen LogP contribution < -0.4 is 10.5 Å². The van der Waals surface area contributed by atoms with Crippen LogP contribution in [0.4, 0.5) is 0 Å². The number of primary amides is 1.